The second-order valence-corrected chi connectivity index (χ2v) is 5.71. The van der Waals surface area contributed by atoms with Crippen LogP contribution in [0.4, 0.5) is 5.69 Å². The molecule has 23 heavy (non-hydrogen) atoms. The molecule has 0 saturated carbocycles. The molecular weight excluding hydrogens is 290 g/mol. The number of nitrogens with one attached hydrogen (secondary N) is 2. The van der Waals surface area contributed by atoms with Crippen LogP contribution in [0.25, 0.3) is 11.1 Å². The van der Waals surface area contributed by atoms with Gasteiger partial charge in [-0.2, -0.15) is 10.2 Å². The summed E-state index contributed by atoms with van der Waals surface area (Å²) in [4.78, 5) is 12.6. The van der Waals surface area contributed by atoms with Crippen molar-refractivity contribution in [3.8, 4) is 11.1 Å². The quantitative estimate of drug-likeness (QED) is 0.781. The molecule has 1 aliphatic heterocycles. The van der Waals surface area contributed by atoms with E-state index in [0.29, 0.717) is 5.56 Å². The van der Waals surface area contributed by atoms with Crippen LogP contribution in [0.3, 0.4) is 0 Å². The highest BCUT2D eigenvalue weighted by Gasteiger charge is 2.19. The van der Waals surface area contributed by atoms with E-state index in [-0.39, 0.29) is 5.91 Å². The number of carbonyl (C=O) groups excluding carboxylic acids is 1. The summed E-state index contributed by atoms with van der Waals surface area (Å²) in [5.74, 6) is -0.0995. The van der Waals surface area contributed by atoms with Crippen LogP contribution in [0, 0.1) is 0 Å². The molecule has 0 saturated heterocycles. The van der Waals surface area contributed by atoms with Gasteiger partial charge in [0.2, 0.25) is 0 Å². The molecule has 2 N–H and O–H groups in total. The maximum Gasteiger partial charge on any atom is 0.259 e. The van der Waals surface area contributed by atoms with Crippen molar-refractivity contribution in [3.63, 3.8) is 0 Å². The predicted octanol–water partition coefficient (Wildman–Crippen LogP) is 2.86. The molecule has 0 fully saturated rings. The van der Waals surface area contributed by atoms with Crippen molar-refractivity contribution < 1.29 is 4.79 Å². The van der Waals surface area contributed by atoms with Crippen LogP contribution < -0.4 is 5.32 Å². The van der Waals surface area contributed by atoms with Gasteiger partial charge in [-0.25, -0.2) is 0 Å². The fourth-order valence-electron chi connectivity index (χ4n) is 2.99. The van der Waals surface area contributed by atoms with Gasteiger partial charge < -0.3 is 5.32 Å². The van der Waals surface area contributed by atoms with E-state index in [1.165, 1.54) is 0 Å². The summed E-state index contributed by atoms with van der Waals surface area (Å²) in [6.45, 7) is 0.901. The SMILES string of the molecule is O=C(Nc1cccc(-c2cn[nH]c2)c1)c1cnn2c1CCCC2. The molecular formula is C17H17N5O. The molecule has 0 bridgehead atoms. The van der Waals surface area contributed by atoms with Crippen molar-refractivity contribution in [3.05, 3.63) is 54.1 Å². The lowest BCUT2D eigenvalue weighted by molar-refractivity contribution is 0.102. The van der Waals surface area contributed by atoms with Crippen LogP contribution in [0.15, 0.2) is 42.9 Å². The van der Waals surface area contributed by atoms with Gasteiger partial charge in [0.05, 0.1) is 23.7 Å². The molecule has 4 rings (SSSR count). The monoisotopic (exact) mass is 307 g/mol. The van der Waals surface area contributed by atoms with Gasteiger partial charge in [-0.05, 0) is 37.0 Å². The van der Waals surface area contributed by atoms with Crippen molar-refractivity contribution in [1.29, 1.82) is 0 Å². The van der Waals surface area contributed by atoms with Gasteiger partial charge in [-0.3, -0.25) is 14.6 Å². The van der Waals surface area contributed by atoms with E-state index < -0.39 is 0 Å². The average molecular weight is 307 g/mol. The Bertz CT molecular complexity index is 835. The zero-order valence-electron chi connectivity index (χ0n) is 12.6. The van der Waals surface area contributed by atoms with Crippen LogP contribution >= 0.6 is 0 Å². The Morgan fingerprint density at radius 3 is 3.04 bits per heavy atom. The molecule has 1 amide bonds. The average Bonchev–Trinajstić information content (AvgIpc) is 3.25. The minimum absolute atomic E-state index is 0.0995. The molecule has 6 nitrogen and oxygen atoms in total. The van der Waals surface area contributed by atoms with Crippen molar-refractivity contribution >= 4 is 11.6 Å². The Morgan fingerprint density at radius 1 is 1.22 bits per heavy atom. The van der Waals surface area contributed by atoms with E-state index in [0.717, 1.165) is 48.3 Å². The Morgan fingerprint density at radius 2 is 2.17 bits per heavy atom. The third kappa shape index (κ3) is 2.63. The van der Waals surface area contributed by atoms with E-state index in [4.69, 9.17) is 0 Å². The molecule has 0 spiro atoms. The summed E-state index contributed by atoms with van der Waals surface area (Å²) in [5.41, 5.74) is 4.49. The van der Waals surface area contributed by atoms with Crippen LogP contribution in [-0.2, 0) is 13.0 Å². The smallest absolute Gasteiger partial charge is 0.259 e. The summed E-state index contributed by atoms with van der Waals surface area (Å²) in [6.07, 6.45) is 8.42. The molecule has 0 radical (unpaired) electrons. The standard InChI is InChI=1S/C17H17N5O/c23-17(15-11-20-22-7-2-1-6-16(15)22)21-14-5-3-4-12(8-14)13-9-18-19-10-13/h3-5,8-11H,1-2,6-7H2,(H,18,19)(H,21,23). The number of anilines is 1. The zero-order chi connectivity index (χ0) is 15.6. The maximum absolute atomic E-state index is 12.6. The first-order valence-corrected chi connectivity index (χ1v) is 7.76. The van der Waals surface area contributed by atoms with Crippen LogP contribution in [0.2, 0.25) is 0 Å². The third-order valence-electron chi connectivity index (χ3n) is 4.18. The van der Waals surface area contributed by atoms with Crippen molar-refractivity contribution in [1.82, 2.24) is 20.0 Å². The van der Waals surface area contributed by atoms with Gasteiger partial charge in [0.15, 0.2) is 0 Å². The Balaban J connectivity index is 1.57. The molecule has 3 aromatic rings. The number of nitrogens with zero attached hydrogens (tertiary/aromatic N) is 3. The normalized spacial score (nSPS) is 13.6. The van der Waals surface area contributed by atoms with Gasteiger partial charge in [0, 0.05) is 24.0 Å². The Kier molecular flexibility index (Phi) is 3.42. The van der Waals surface area contributed by atoms with Crippen LogP contribution in [0.5, 0.6) is 0 Å². The molecule has 1 aliphatic rings. The molecule has 0 aliphatic carbocycles. The summed E-state index contributed by atoms with van der Waals surface area (Å²) in [5, 5.41) is 14.0. The fraction of sp³-hybridized carbons (Fsp3) is 0.235. The van der Waals surface area contributed by atoms with Gasteiger partial charge in [-0.1, -0.05) is 12.1 Å². The maximum atomic E-state index is 12.6. The summed E-state index contributed by atoms with van der Waals surface area (Å²) >= 11 is 0. The lowest BCUT2D eigenvalue weighted by Crippen LogP contribution is -2.17. The first kappa shape index (κ1) is 13.8. The molecule has 0 unspecified atom stereocenters. The van der Waals surface area contributed by atoms with Gasteiger partial charge in [-0.15, -0.1) is 0 Å². The van der Waals surface area contributed by atoms with E-state index in [9.17, 15) is 4.79 Å². The lowest BCUT2D eigenvalue weighted by Gasteiger charge is -2.14. The van der Waals surface area contributed by atoms with Crippen molar-refractivity contribution in [2.45, 2.75) is 25.8 Å². The number of H-pyrrole nitrogens is 1. The Hall–Kier alpha value is -2.89. The summed E-state index contributed by atoms with van der Waals surface area (Å²) < 4.78 is 1.94. The molecule has 2 aromatic heterocycles. The predicted molar refractivity (Wildman–Crippen MR) is 87.1 cm³/mol. The number of benzene rings is 1. The van der Waals surface area contributed by atoms with E-state index >= 15 is 0 Å². The number of rotatable bonds is 3. The number of aromatic amines is 1. The molecule has 0 atom stereocenters. The molecule has 1 aromatic carbocycles. The lowest BCUT2D eigenvalue weighted by atomic mass is 10.1. The number of fused-ring (bicyclic) bond motifs is 1. The minimum atomic E-state index is -0.0995. The van der Waals surface area contributed by atoms with Gasteiger partial charge in [0.1, 0.15) is 0 Å². The van der Waals surface area contributed by atoms with E-state index in [1.54, 1.807) is 12.4 Å². The zero-order valence-corrected chi connectivity index (χ0v) is 12.6. The summed E-state index contributed by atoms with van der Waals surface area (Å²) in [6, 6.07) is 7.74. The van der Waals surface area contributed by atoms with Crippen molar-refractivity contribution in [2.75, 3.05) is 5.32 Å². The highest BCUT2D eigenvalue weighted by Crippen LogP contribution is 2.23. The first-order chi connectivity index (χ1) is 11.3. The number of aryl methyl sites for hydroxylation is 1. The van der Waals surface area contributed by atoms with Crippen molar-refractivity contribution in [2.24, 2.45) is 0 Å². The third-order valence-corrected chi connectivity index (χ3v) is 4.18. The number of hydrogen-bond acceptors (Lipinski definition) is 3. The number of aromatic nitrogens is 4. The second kappa shape index (κ2) is 5.72. The highest BCUT2D eigenvalue weighted by molar-refractivity contribution is 6.05. The molecule has 116 valence electrons. The fourth-order valence-corrected chi connectivity index (χ4v) is 2.99. The van der Waals surface area contributed by atoms with E-state index in [1.807, 2.05) is 35.1 Å². The van der Waals surface area contributed by atoms with E-state index in [2.05, 4.69) is 20.6 Å². The molecule has 6 heteroatoms. The highest BCUT2D eigenvalue weighted by atomic mass is 16.1. The van der Waals surface area contributed by atoms with Crippen LogP contribution in [-0.4, -0.2) is 25.9 Å². The summed E-state index contributed by atoms with van der Waals surface area (Å²) in [7, 11) is 0. The number of carbonyl (C=O) groups is 1. The minimum Gasteiger partial charge on any atom is -0.322 e. The largest absolute Gasteiger partial charge is 0.322 e. The second-order valence-electron chi connectivity index (χ2n) is 5.71. The number of hydrogen-bond donors (Lipinski definition) is 2. The van der Waals surface area contributed by atoms with Gasteiger partial charge >= 0.3 is 0 Å². The van der Waals surface area contributed by atoms with Crippen LogP contribution in [0.1, 0.15) is 28.9 Å². The van der Waals surface area contributed by atoms with Gasteiger partial charge in [0.25, 0.3) is 5.91 Å². The number of amides is 1. The topological polar surface area (TPSA) is 75.6 Å². The molecule has 3 heterocycles. The Labute approximate surface area is 133 Å². The first-order valence-electron chi connectivity index (χ1n) is 7.76.